The molecule has 0 amide bonds. The van der Waals surface area contributed by atoms with Gasteiger partial charge in [-0.15, -0.1) is 0 Å². The second-order valence-electron chi connectivity index (χ2n) is 1.36. The molecule has 0 bridgehead atoms. The molecular formula is C5H12N2. The summed E-state index contributed by atoms with van der Waals surface area (Å²) in [4.78, 5) is 0. The number of rotatable bonds is 3. The molecule has 0 spiro atoms. The molecular weight excluding hydrogens is 88.1 g/mol. The summed E-state index contributed by atoms with van der Waals surface area (Å²) < 4.78 is 0. The van der Waals surface area contributed by atoms with E-state index < -0.39 is 0 Å². The molecule has 0 radical (unpaired) electrons. The Morgan fingerprint density at radius 2 is 2.43 bits per heavy atom. The van der Waals surface area contributed by atoms with Gasteiger partial charge in [-0.1, -0.05) is 19.4 Å². The molecule has 0 atom stereocenters. The summed E-state index contributed by atoms with van der Waals surface area (Å²) in [7, 11) is 0. The molecule has 0 rings (SSSR count). The Hall–Kier alpha value is -0.500. The van der Waals surface area contributed by atoms with Crippen LogP contribution in [0.5, 0.6) is 0 Å². The van der Waals surface area contributed by atoms with Crippen LogP contribution < -0.4 is 11.3 Å². The predicted octanol–water partition coefficient (Wildman–Crippen LogP) is 0.764. The average molecular weight is 100 g/mol. The number of hydrogen-bond donors (Lipinski definition) is 2. The van der Waals surface area contributed by atoms with Crippen molar-refractivity contribution in [2.24, 2.45) is 5.84 Å². The third kappa shape index (κ3) is 5.50. The maximum atomic E-state index is 4.93. The lowest BCUT2D eigenvalue weighted by Crippen LogP contribution is -2.12. The van der Waals surface area contributed by atoms with Crippen LogP contribution in [0.1, 0.15) is 19.8 Å². The van der Waals surface area contributed by atoms with Gasteiger partial charge in [0.25, 0.3) is 0 Å². The molecule has 42 valence electrons. The van der Waals surface area contributed by atoms with E-state index in [0.29, 0.717) is 0 Å². The van der Waals surface area contributed by atoms with Gasteiger partial charge in [-0.2, -0.15) is 0 Å². The molecule has 0 aromatic carbocycles. The van der Waals surface area contributed by atoms with Crippen LogP contribution in [0.4, 0.5) is 0 Å². The largest absolute Gasteiger partial charge is 0.332 e. The first-order valence-corrected chi connectivity index (χ1v) is 2.53. The minimum atomic E-state index is 1.10. The monoisotopic (exact) mass is 100 g/mol. The highest BCUT2D eigenvalue weighted by Gasteiger charge is 1.67. The topological polar surface area (TPSA) is 38.0 Å². The first-order chi connectivity index (χ1) is 3.41. The number of nitrogens with one attached hydrogen (secondary N) is 1. The van der Waals surface area contributed by atoms with Crippen LogP contribution in [0.15, 0.2) is 12.3 Å². The zero-order valence-electron chi connectivity index (χ0n) is 4.65. The molecule has 0 aromatic rings. The first-order valence-electron chi connectivity index (χ1n) is 2.53. The van der Waals surface area contributed by atoms with E-state index in [1.54, 1.807) is 6.20 Å². The van der Waals surface area contributed by atoms with Crippen molar-refractivity contribution in [2.45, 2.75) is 19.8 Å². The molecule has 0 saturated carbocycles. The molecule has 0 aliphatic carbocycles. The second-order valence-corrected chi connectivity index (χ2v) is 1.36. The number of unbranched alkanes of at least 4 members (excludes halogenated alkanes) is 1. The minimum absolute atomic E-state index is 1.10. The molecule has 0 saturated heterocycles. The van der Waals surface area contributed by atoms with E-state index in [9.17, 15) is 0 Å². The number of nitrogens with two attached hydrogens (primary N) is 1. The standard InChI is InChI=1S/C5H12N2/c1-2-3-4-5-7-6/h4-5,7H,2-3,6H2,1H3. The molecule has 0 fully saturated rings. The quantitative estimate of drug-likeness (QED) is 0.406. The summed E-state index contributed by atoms with van der Waals surface area (Å²) in [6.07, 6.45) is 6.02. The van der Waals surface area contributed by atoms with E-state index in [1.807, 2.05) is 6.08 Å². The molecule has 0 heterocycles. The van der Waals surface area contributed by atoms with Crippen molar-refractivity contribution in [3.63, 3.8) is 0 Å². The number of allylic oxidation sites excluding steroid dienone is 1. The van der Waals surface area contributed by atoms with Gasteiger partial charge in [0, 0.05) is 6.20 Å². The van der Waals surface area contributed by atoms with Gasteiger partial charge in [-0.3, -0.25) is 5.84 Å². The molecule has 7 heavy (non-hydrogen) atoms. The van der Waals surface area contributed by atoms with Crippen molar-refractivity contribution < 1.29 is 0 Å². The predicted molar refractivity (Wildman–Crippen MR) is 31.4 cm³/mol. The van der Waals surface area contributed by atoms with Crippen molar-refractivity contribution in [3.8, 4) is 0 Å². The van der Waals surface area contributed by atoms with Crippen molar-refractivity contribution in [3.05, 3.63) is 12.3 Å². The summed E-state index contributed by atoms with van der Waals surface area (Å²) in [5.74, 6) is 4.93. The van der Waals surface area contributed by atoms with E-state index in [-0.39, 0.29) is 0 Å². The fraction of sp³-hybridized carbons (Fsp3) is 0.600. The van der Waals surface area contributed by atoms with Gasteiger partial charge in [-0.25, -0.2) is 0 Å². The van der Waals surface area contributed by atoms with E-state index in [4.69, 9.17) is 5.84 Å². The zero-order chi connectivity index (χ0) is 5.54. The van der Waals surface area contributed by atoms with Crippen LogP contribution in [0, 0.1) is 0 Å². The summed E-state index contributed by atoms with van der Waals surface area (Å²) in [5, 5.41) is 0. The Bertz CT molecular complexity index is 50.0. The highest BCUT2D eigenvalue weighted by molar-refractivity contribution is 4.75. The SMILES string of the molecule is CCCC=CNN. The number of hydrazine groups is 1. The number of hydrogen-bond acceptors (Lipinski definition) is 2. The molecule has 0 unspecified atom stereocenters. The fourth-order valence-corrected chi connectivity index (χ4v) is 0.318. The lowest BCUT2D eigenvalue weighted by atomic mass is 10.3. The van der Waals surface area contributed by atoms with Crippen LogP contribution in [-0.4, -0.2) is 0 Å². The lowest BCUT2D eigenvalue weighted by molar-refractivity contribution is 0.916. The maximum Gasteiger partial charge on any atom is 0.00826 e. The van der Waals surface area contributed by atoms with Crippen molar-refractivity contribution >= 4 is 0 Å². The van der Waals surface area contributed by atoms with Crippen LogP contribution >= 0.6 is 0 Å². The Kier molecular flexibility index (Phi) is 5.11. The summed E-state index contributed by atoms with van der Waals surface area (Å²) in [6, 6.07) is 0. The van der Waals surface area contributed by atoms with Gasteiger partial charge in [-0.05, 0) is 6.42 Å². The molecule has 3 N–H and O–H groups in total. The van der Waals surface area contributed by atoms with Gasteiger partial charge in [0.2, 0.25) is 0 Å². The first kappa shape index (κ1) is 6.50. The highest BCUT2D eigenvalue weighted by atomic mass is 15.2. The van der Waals surface area contributed by atoms with E-state index >= 15 is 0 Å². The van der Waals surface area contributed by atoms with Gasteiger partial charge < -0.3 is 5.43 Å². The Morgan fingerprint density at radius 3 is 2.86 bits per heavy atom. The third-order valence-corrected chi connectivity index (χ3v) is 0.669. The summed E-state index contributed by atoms with van der Waals surface area (Å²) in [6.45, 7) is 2.13. The Morgan fingerprint density at radius 1 is 1.71 bits per heavy atom. The van der Waals surface area contributed by atoms with E-state index in [2.05, 4.69) is 12.3 Å². The molecule has 2 heteroatoms. The van der Waals surface area contributed by atoms with Gasteiger partial charge in [0.05, 0.1) is 0 Å². The van der Waals surface area contributed by atoms with Crippen molar-refractivity contribution in [2.75, 3.05) is 0 Å². The maximum absolute atomic E-state index is 4.93. The highest BCUT2D eigenvalue weighted by Crippen LogP contribution is 1.84. The Labute approximate surface area is 44.4 Å². The Balaban J connectivity index is 2.78. The zero-order valence-corrected chi connectivity index (χ0v) is 4.65. The van der Waals surface area contributed by atoms with E-state index in [1.165, 1.54) is 6.42 Å². The van der Waals surface area contributed by atoms with Crippen LogP contribution in [0.2, 0.25) is 0 Å². The molecule has 2 nitrogen and oxygen atoms in total. The van der Waals surface area contributed by atoms with Gasteiger partial charge >= 0.3 is 0 Å². The molecule has 0 aromatic heterocycles. The summed E-state index contributed by atoms with van der Waals surface area (Å²) in [5.41, 5.74) is 2.42. The van der Waals surface area contributed by atoms with E-state index in [0.717, 1.165) is 6.42 Å². The minimum Gasteiger partial charge on any atom is -0.332 e. The fourth-order valence-electron chi connectivity index (χ4n) is 0.318. The van der Waals surface area contributed by atoms with Gasteiger partial charge in [0.1, 0.15) is 0 Å². The average Bonchev–Trinajstić information content (AvgIpc) is 1.69. The van der Waals surface area contributed by atoms with Crippen LogP contribution in [0.3, 0.4) is 0 Å². The smallest absolute Gasteiger partial charge is 0.00826 e. The third-order valence-electron chi connectivity index (χ3n) is 0.669. The lowest BCUT2D eigenvalue weighted by Gasteiger charge is -1.83. The van der Waals surface area contributed by atoms with Crippen molar-refractivity contribution in [1.82, 2.24) is 5.43 Å². The van der Waals surface area contributed by atoms with Crippen LogP contribution in [-0.2, 0) is 0 Å². The summed E-state index contributed by atoms with van der Waals surface area (Å²) >= 11 is 0. The van der Waals surface area contributed by atoms with Crippen LogP contribution in [0.25, 0.3) is 0 Å². The normalized spacial score (nSPS) is 10.0. The van der Waals surface area contributed by atoms with Crippen molar-refractivity contribution in [1.29, 1.82) is 0 Å². The second kappa shape index (κ2) is 5.50. The van der Waals surface area contributed by atoms with Gasteiger partial charge in [0.15, 0.2) is 0 Å². The molecule has 0 aliphatic rings. The molecule has 0 aliphatic heterocycles.